The quantitative estimate of drug-likeness (QED) is 0.278. The maximum absolute atomic E-state index is 10.9. The molecule has 0 heterocycles. The molecule has 0 aliphatic carbocycles. The Bertz CT molecular complexity index is 225. The van der Waals surface area contributed by atoms with E-state index in [0.717, 1.165) is 12.8 Å². The van der Waals surface area contributed by atoms with E-state index in [4.69, 9.17) is 15.9 Å². The van der Waals surface area contributed by atoms with Crippen LogP contribution >= 0.6 is 0 Å². The first-order valence-electron chi connectivity index (χ1n) is 5.26. The number of nitrogens with two attached hydrogens (primary N) is 1. The van der Waals surface area contributed by atoms with Crippen LogP contribution in [0.15, 0.2) is 12.2 Å². The Morgan fingerprint density at radius 2 is 2.07 bits per heavy atom. The van der Waals surface area contributed by atoms with Crippen molar-refractivity contribution in [3.05, 3.63) is 12.2 Å². The summed E-state index contributed by atoms with van der Waals surface area (Å²) in [5.74, 6) is -0.314. The molecular weight excluding hydrogens is 192 g/mol. The van der Waals surface area contributed by atoms with Gasteiger partial charge in [0.2, 0.25) is 0 Å². The Hall–Kier alpha value is -1.16. The summed E-state index contributed by atoms with van der Waals surface area (Å²) in [4.78, 5) is 10.9. The van der Waals surface area contributed by atoms with Gasteiger partial charge in [-0.05, 0) is 39.2 Å². The van der Waals surface area contributed by atoms with Gasteiger partial charge in [-0.15, -0.1) is 0 Å². The lowest BCUT2D eigenvalue weighted by Gasteiger charge is -2.03. The van der Waals surface area contributed by atoms with Crippen LogP contribution in [0.2, 0.25) is 0 Å². The molecule has 0 radical (unpaired) electrons. The number of hydrogen-bond donors (Lipinski definition) is 2. The summed E-state index contributed by atoms with van der Waals surface area (Å²) < 4.78 is 4.89. The normalized spacial score (nSPS) is 10.5. The van der Waals surface area contributed by atoms with Crippen molar-refractivity contribution in [2.45, 2.75) is 32.6 Å². The highest BCUT2D eigenvalue weighted by molar-refractivity contribution is 5.82. The molecule has 0 aliphatic rings. The number of nitrogens with one attached hydrogen (secondary N) is 1. The van der Waals surface area contributed by atoms with Crippen LogP contribution in [0.1, 0.15) is 32.6 Å². The average molecular weight is 212 g/mol. The Balaban J connectivity index is 3.38. The van der Waals surface area contributed by atoms with Gasteiger partial charge in [0.25, 0.3) is 0 Å². The molecular formula is C11H20N2O2. The zero-order chi connectivity index (χ0) is 11.5. The molecule has 4 nitrogen and oxygen atoms in total. The minimum atomic E-state index is -0.314. The van der Waals surface area contributed by atoms with E-state index in [2.05, 4.69) is 0 Å². The summed E-state index contributed by atoms with van der Waals surface area (Å²) in [6, 6.07) is 0. The first-order chi connectivity index (χ1) is 7.20. The first kappa shape index (κ1) is 13.8. The van der Waals surface area contributed by atoms with E-state index in [1.54, 1.807) is 13.0 Å². The summed E-state index contributed by atoms with van der Waals surface area (Å²) in [7, 11) is 0. The van der Waals surface area contributed by atoms with Crippen LogP contribution in [0.3, 0.4) is 0 Å². The second kappa shape index (κ2) is 9.40. The van der Waals surface area contributed by atoms with Crippen molar-refractivity contribution in [3.8, 4) is 0 Å². The number of hydrogen-bond acceptors (Lipinski definition) is 4. The molecule has 15 heavy (non-hydrogen) atoms. The second-order valence-corrected chi connectivity index (χ2v) is 3.27. The molecule has 0 aromatic heterocycles. The predicted octanol–water partition coefficient (Wildman–Crippen LogP) is 1.64. The fourth-order valence-electron chi connectivity index (χ4n) is 1.08. The maximum atomic E-state index is 10.9. The number of esters is 1. The zero-order valence-corrected chi connectivity index (χ0v) is 9.29. The van der Waals surface area contributed by atoms with Crippen LogP contribution in [-0.2, 0) is 9.53 Å². The molecule has 0 spiro atoms. The zero-order valence-electron chi connectivity index (χ0n) is 9.29. The van der Waals surface area contributed by atoms with Crippen molar-refractivity contribution in [3.63, 3.8) is 0 Å². The number of allylic oxidation sites excluding steroid dienone is 1. The van der Waals surface area contributed by atoms with Gasteiger partial charge in [-0.1, -0.05) is 6.08 Å². The Morgan fingerprint density at radius 3 is 2.67 bits per heavy atom. The minimum Gasteiger partial charge on any atom is -0.463 e. The topological polar surface area (TPSA) is 76.2 Å². The summed E-state index contributed by atoms with van der Waals surface area (Å²) in [5, 5.41) is 7.55. The Morgan fingerprint density at radius 1 is 1.40 bits per heavy atom. The van der Waals surface area contributed by atoms with Crippen molar-refractivity contribution in [2.75, 3.05) is 13.2 Å². The van der Waals surface area contributed by atoms with Crippen LogP contribution in [0.5, 0.6) is 0 Å². The highest BCUT2D eigenvalue weighted by atomic mass is 16.5. The molecule has 0 saturated heterocycles. The van der Waals surface area contributed by atoms with E-state index in [1.165, 1.54) is 6.08 Å². The second-order valence-electron chi connectivity index (χ2n) is 3.27. The van der Waals surface area contributed by atoms with Crippen molar-refractivity contribution in [1.82, 2.24) is 0 Å². The van der Waals surface area contributed by atoms with Crippen molar-refractivity contribution in [2.24, 2.45) is 5.73 Å². The van der Waals surface area contributed by atoms with Gasteiger partial charge >= 0.3 is 5.97 Å². The van der Waals surface area contributed by atoms with Gasteiger partial charge < -0.3 is 15.9 Å². The standard InChI is InChI=1S/C11H20N2O2/c1-2-5-11(14)15-9-4-7-10(13)6-3-8-12/h2,5,13H,3-4,6-9,12H2,1H3/b5-2+,13-10?. The maximum Gasteiger partial charge on any atom is 0.330 e. The molecule has 0 amide bonds. The summed E-state index contributed by atoms with van der Waals surface area (Å²) in [6.07, 6.45) is 6.04. The number of ether oxygens (including phenoxy) is 1. The molecule has 0 saturated carbocycles. The predicted molar refractivity (Wildman–Crippen MR) is 61.0 cm³/mol. The van der Waals surface area contributed by atoms with Gasteiger partial charge in [-0.2, -0.15) is 0 Å². The van der Waals surface area contributed by atoms with E-state index < -0.39 is 0 Å². The van der Waals surface area contributed by atoms with Crippen LogP contribution in [0.25, 0.3) is 0 Å². The summed E-state index contributed by atoms with van der Waals surface area (Å²) in [5.41, 5.74) is 6.01. The van der Waals surface area contributed by atoms with Crippen LogP contribution < -0.4 is 5.73 Å². The number of rotatable bonds is 8. The van der Waals surface area contributed by atoms with Gasteiger partial charge in [0.1, 0.15) is 0 Å². The molecule has 3 N–H and O–H groups in total. The first-order valence-corrected chi connectivity index (χ1v) is 5.26. The van der Waals surface area contributed by atoms with Crippen LogP contribution in [0.4, 0.5) is 0 Å². The molecule has 0 aromatic carbocycles. The van der Waals surface area contributed by atoms with E-state index in [-0.39, 0.29) is 5.97 Å². The molecule has 0 unspecified atom stereocenters. The third-order valence-corrected chi connectivity index (χ3v) is 1.85. The van der Waals surface area contributed by atoms with Crippen molar-refractivity contribution in [1.29, 1.82) is 5.41 Å². The number of carbonyl (C=O) groups excluding carboxylic acids is 1. The fraction of sp³-hybridized carbons (Fsp3) is 0.636. The third-order valence-electron chi connectivity index (χ3n) is 1.85. The van der Waals surface area contributed by atoms with Crippen molar-refractivity contribution < 1.29 is 9.53 Å². The largest absolute Gasteiger partial charge is 0.463 e. The molecule has 86 valence electrons. The summed E-state index contributed by atoms with van der Waals surface area (Å²) in [6.45, 7) is 2.77. The molecule has 0 bridgehead atoms. The van der Waals surface area contributed by atoms with Crippen LogP contribution in [-0.4, -0.2) is 24.8 Å². The van der Waals surface area contributed by atoms with Gasteiger partial charge in [0.15, 0.2) is 0 Å². The molecule has 0 rings (SSSR count). The lowest BCUT2D eigenvalue weighted by Crippen LogP contribution is -2.06. The van der Waals surface area contributed by atoms with E-state index in [9.17, 15) is 4.79 Å². The van der Waals surface area contributed by atoms with Gasteiger partial charge in [0, 0.05) is 11.8 Å². The third kappa shape index (κ3) is 9.15. The number of carbonyl (C=O) groups is 1. The van der Waals surface area contributed by atoms with Crippen LogP contribution in [0, 0.1) is 5.41 Å². The van der Waals surface area contributed by atoms with Gasteiger partial charge in [-0.25, -0.2) is 4.79 Å². The minimum absolute atomic E-state index is 0.314. The molecule has 0 aliphatic heterocycles. The lowest BCUT2D eigenvalue weighted by molar-refractivity contribution is -0.137. The van der Waals surface area contributed by atoms with Gasteiger partial charge in [0.05, 0.1) is 6.61 Å². The van der Waals surface area contributed by atoms with Crippen molar-refractivity contribution >= 4 is 11.7 Å². The average Bonchev–Trinajstić information content (AvgIpc) is 2.22. The monoisotopic (exact) mass is 212 g/mol. The molecule has 0 atom stereocenters. The SMILES string of the molecule is C/C=C/C(=O)OCCCC(=N)CCCN. The van der Waals surface area contributed by atoms with E-state index in [1.807, 2.05) is 0 Å². The highest BCUT2D eigenvalue weighted by Gasteiger charge is 1.99. The highest BCUT2D eigenvalue weighted by Crippen LogP contribution is 1.99. The van der Waals surface area contributed by atoms with E-state index in [0.29, 0.717) is 31.7 Å². The lowest BCUT2D eigenvalue weighted by atomic mass is 10.1. The molecule has 0 fully saturated rings. The Labute approximate surface area is 91.0 Å². The molecule has 0 aromatic rings. The fourth-order valence-corrected chi connectivity index (χ4v) is 1.08. The van der Waals surface area contributed by atoms with E-state index >= 15 is 0 Å². The Kier molecular flexibility index (Phi) is 8.67. The molecule has 4 heteroatoms. The van der Waals surface area contributed by atoms with Gasteiger partial charge in [-0.3, -0.25) is 0 Å². The summed E-state index contributed by atoms with van der Waals surface area (Å²) >= 11 is 0. The smallest absolute Gasteiger partial charge is 0.330 e.